The molecule has 0 spiro atoms. The number of nitrogens with zero attached hydrogens (tertiary/aromatic N) is 2. The molecule has 2 aromatic carbocycles. The molecule has 0 aliphatic carbocycles. The molecule has 3 aromatic rings. The van der Waals surface area contributed by atoms with E-state index in [2.05, 4.69) is 10.3 Å². The third-order valence-electron chi connectivity index (χ3n) is 5.07. The molecule has 1 amide bonds. The number of halogens is 2. The average Bonchev–Trinajstić information content (AvgIpc) is 3.23. The summed E-state index contributed by atoms with van der Waals surface area (Å²) in [5.41, 5.74) is 0.419. The number of amides is 1. The quantitative estimate of drug-likeness (QED) is 0.577. The molecule has 2 heterocycles. The van der Waals surface area contributed by atoms with Crippen LogP contribution in [0.2, 0.25) is 0 Å². The zero-order valence-corrected chi connectivity index (χ0v) is 19.4. The Morgan fingerprint density at radius 1 is 1.12 bits per heavy atom. The first kappa shape index (κ1) is 23.4. The topological polar surface area (TPSA) is 88.6 Å². The van der Waals surface area contributed by atoms with E-state index in [1.165, 1.54) is 34.0 Å². The first-order valence-corrected chi connectivity index (χ1v) is 12.4. The van der Waals surface area contributed by atoms with Crippen molar-refractivity contribution < 1.29 is 26.7 Å². The summed E-state index contributed by atoms with van der Waals surface area (Å²) in [5.74, 6) is -1.73. The Balaban J connectivity index is 1.47. The second kappa shape index (κ2) is 9.26. The molecule has 33 heavy (non-hydrogen) atoms. The van der Waals surface area contributed by atoms with Crippen molar-refractivity contribution in [2.75, 3.05) is 18.4 Å². The lowest BCUT2D eigenvalue weighted by Crippen LogP contribution is -2.48. The number of hydrogen-bond acceptors (Lipinski definition) is 6. The van der Waals surface area contributed by atoms with Gasteiger partial charge in [-0.1, -0.05) is 0 Å². The number of ether oxygens (including phenoxy) is 1. The van der Waals surface area contributed by atoms with Gasteiger partial charge in [0.15, 0.2) is 5.13 Å². The number of hydrogen-bond donors (Lipinski definition) is 1. The first-order valence-electron chi connectivity index (χ1n) is 10.1. The van der Waals surface area contributed by atoms with Crippen molar-refractivity contribution in [1.82, 2.24) is 9.29 Å². The van der Waals surface area contributed by atoms with Crippen molar-refractivity contribution in [2.24, 2.45) is 0 Å². The maximum atomic E-state index is 14.0. The molecule has 1 aliphatic rings. The second-order valence-electron chi connectivity index (χ2n) is 7.72. The van der Waals surface area contributed by atoms with Gasteiger partial charge in [0.1, 0.15) is 11.6 Å². The Labute approximate surface area is 194 Å². The fourth-order valence-corrected chi connectivity index (χ4v) is 5.87. The monoisotopic (exact) mass is 493 g/mol. The molecule has 1 saturated heterocycles. The number of carbonyl (C=O) groups excluding carboxylic acids is 1. The third kappa shape index (κ3) is 5.11. The largest absolute Gasteiger partial charge is 0.373 e. The van der Waals surface area contributed by atoms with E-state index in [4.69, 9.17) is 4.74 Å². The van der Waals surface area contributed by atoms with Crippen LogP contribution < -0.4 is 5.32 Å². The Kier molecular flexibility index (Phi) is 6.57. The van der Waals surface area contributed by atoms with Crippen LogP contribution >= 0.6 is 11.3 Å². The highest BCUT2D eigenvalue weighted by molar-refractivity contribution is 7.89. The number of benzene rings is 2. The fourth-order valence-electron chi connectivity index (χ4n) is 3.57. The molecule has 0 bridgehead atoms. The van der Waals surface area contributed by atoms with Gasteiger partial charge >= 0.3 is 0 Å². The van der Waals surface area contributed by atoms with Crippen LogP contribution in [0.15, 0.2) is 52.7 Å². The summed E-state index contributed by atoms with van der Waals surface area (Å²) in [6.45, 7) is 4.15. The summed E-state index contributed by atoms with van der Waals surface area (Å²) >= 11 is 1.06. The predicted molar refractivity (Wildman–Crippen MR) is 121 cm³/mol. The Bertz CT molecular complexity index is 1270. The summed E-state index contributed by atoms with van der Waals surface area (Å²) in [4.78, 5) is 16.8. The minimum absolute atomic E-state index is 0.00643. The minimum Gasteiger partial charge on any atom is -0.373 e. The van der Waals surface area contributed by atoms with Gasteiger partial charge in [-0.05, 0) is 56.3 Å². The maximum Gasteiger partial charge on any atom is 0.257 e. The zero-order valence-electron chi connectivity index (χ0n) is 17.8. The Hall–Kier alpha value is -2.73. The summed E-state index contributed by atoms with van der Waals surface area (Å²) in [5, 5.41) is 4.30. The number of carbonyl (C=O) groups is 1. The van der Waals surface area contributed by atoms with Crippen LogP contribution in [-0.4, -0.2) is 48.9 Å². The van der Waals surface area contributed by atoms with E-state index >= 15 is 0 Å². The van der Waals surface area contributed by atoms with Crippen molar-refractivity contribution in [3.63, 3.8) is 0 Å². The SMILES string of the molecule is C[C@@H]1CN(S(=O)(=O)c2ccc(C(=O)Nc3nc(-c4cc(F)ccc4F)cs3)cc2)C[C@H](C)O1. The smallest absolute Gasteiger partial charge is 0.257 e. The van der Waals surface area contributed by atoms with Crippen molar-refractivity contribution >= 4 is 32.4 Å². The molecule has 0 unspecified atom stereocenters. The highest BCUT2D eigenvalue weighted by Crippen LogP contribution is 2.28. The second-order valence-corrected chi connectivity index (χ2v) is 10.5. The summed E-state index contributed by atoms with van der Waals surface area (Å²) in [6.07, 6.45) is -0.421. The van der Waals surface area contributed by atoms with Crippen LogP contribution in [0.25, 0.3) is 11.3 Å². The lowest BCUT2D eigenvalue weighted by atomic mass is 10.1. The van der Waals surface area contributed by atoms with Gasteiger partial charge in [0.25, 0.3) is 5.91 Å². The molecule has 2 atom stereocenters. The number of sulfonamides is 1. The van der Waals surface area contributed by atoms with E-state index in [9.17, 15) is 22.0 Å². The van der Waals surface area contributed by atoms with Gasteiger partial charge in [-0.25, -0.2) is 22.2 Å². The molecular weight excluding hydrogens is 472 g/mol. The van der Waals surface area contributed by atoms with Crippen LogP contribution in [0.1, 0.15) is 24.2 Å². The number of nitrogens with one attached hydrogen (secondary N) is 1. The maximum absolute atomic E-state index is 14.0. The van der Waals surface area contributed by atoms with Gasteiger partial charge in [-0.2, -0.15) is 4.31 Å². The van der Waals surface area contributed by atoms with Crippen LogP contribution in [0, 0.1) is 11.6 Å². The standard InChI is InChI=1S/C22H21F2N3O4S2/c1-13-10-27(11-14(2)31-13)33(29,30)17-6-3-15(4-7-17)21(28)26-22-25-20(12-32-22)18-9-16(23)5-8-19(18)24/h3-9,12-14H,10-11H2,1-2H3,(H,25,26,28)/t13-,14+. The first-order chi connectivity index (χ1) is 15.6. The van der Waals surface area contributed by atoms with Gasteiger partial charge in [-0.3, -0.25) is 10.1 Å². The van der Waals surface area contributed by atoms with Gasteiger partial charge < -0.3 is 4.74 Å². The minimum atomic E-state index is -3.72. The number of rotatable bonds is 5. The molecule has 0 radical (unpaired) electrons. The van der Waals surface area contributed by atoms with Crippen LogP contribution in [-0.2, 0) is 14.8 Å². The van der Waals surface area contributed by atoms with Gasteiger partial charge in [0, 0.05) is 29.6 Å². The molecule has 11 heteroatoms. The van der Waals surface area contributed by atoms with Crippen LogP contribution in [0.3, 0.4) is 0 Å². The number of thiazole rings is 1. The van der Waals surface area contributed by atoms with Crippen molar-refractivity contribution in [2.45, 2.75) is 31.0 Å². The van der Waals surface area contributed by atoms with E-state index in [-0.39, 0.29) is 52.1 Å². The summed E-state index contributed by atoms with van der Waals surface area (Å²) in [6, 6.07) is 8.64. The highest BCUT2D eigenvalue weighted by Gasteiger charge is 2.32. The van der Waals surface area contributed by atoms with Crippen molar-refractivity contribution in [1.29, 1.82) is 0 Å². The Morgan fingerprint density at radius 3 is 2.45 bits per heavy atom. The number of aromatic nitrogens is 1. The predicted octanol–water partition coefficient (Wildman–Crippen LogP) is 4.14. The van der Waals surface area contributed by atoms with Gasteiger partial charge in [0.05, 0.1) is 22.8 Å². The van der Waals surface area contributed by atoms with Crippen LogP contribution in [0.4, 0.5) is 13.9 Å². The van der Waals surface area contributed by atoms with E-state index in [0.717, 1.165) is 29.5 Å². The number of anilines is 1. The Morgan fingerprint density at radius 2 is 1.79 bits per heavy atom. The molecule has 0 saturated carbocycles. The normalized spacial score (nSPS) is 19.4. The highest BCUT2D eigenvalue weighted by atomic mass is 32.2. The molecule has 1 aromatic heterocycles. The molecule has 174 valence electrons. The third-order valence-corrected chi connectivity index (χ3v) is 7.67. The molecule has 1 N–H and O–H groups in total. The molecule has 7 nitrogen and oxygen atoms in total. The van der Waals surface area contributed by atoms with Gasteiger partial charge in [0.2, 0.25) is 10.0 Å². The molecule has 1 aliphatic heterocycles. The summed E-state index contributed by atoms with van der Waals surface area (Å²) in [7, 11) is -3.72. The lowest BCUT2D eigenvalue weighted by molar-refractivity contribution is -0.0440. The average molecular weight is 494 g/mol. The van der Waals surface area contributed by atoms with Crippen molar-refractivity contribution in [3.05, 3.63) is 65.0 Å². The number of morpholine rings is 1. The van der Waals surface area contributed by atoms with E-state index in [0.29, 0.717) is 0 Å². The van der Waals surface area contributed by atoms with Crippen molar-refractivity contribution in [3.8, 4) is 11.3 Å². The van der Waals surface area contributed by atoms with Crippen LogP contribution in [0.5, 0.6) is 0 Å². The van der Waals surface area contributed by atoms with E-state index in [1.54, 1.807) is 0 Å². The van der Waals surface area contributed by atoms with Gasteiger partial charge in [-0.15, -0.1) is 11.3 Å². The molecular formula is C22H21F2N3O4S2. The molecule has 4 rings (SSSR count). The van der Waals surface area contributed by atoms with E-state index < -0.39 is 27.6 Å². The zero-order chi connectivity index (χ0) is 23.8. The molecule has 1 fully saturated rings. The summed E-state index contributed by atoms with van der Waals surface area (Å²) < 4.78 is 60.2. The lowest BCUT2D eigenvalue weighted by Gasteiger charge is -2.34. The van der Waals surface area contributed by atoms with E-state index in [1.807, 2.05) is 13.8 Å². The fraction of sp³-hybridized carbons (Fsp3) is 0.273.